The minimum Gasteiger partial charge on any atom is -0.258 e. The number of non-ortho nitro benzene ring substituents is 1. The van der Waals surface area contributed by atoms with Crippen LogP contribution in [0, 0.1) is 13.7 Å². The fourth-order valence-corrected chi connectivity index (χ4v) is 3.45. The van der Waals surface area contributed by atoms with Crippen LogP contribution in [-0.4, -0.2) is 23.6 Å². The zero-order valence-electron chi connectivity index (χ0n) is 8.62. The van der Waals surface area contributed by atoms with E-state index in [2.05, 4.69) is 0 Å². The summed E-state index contributed by atoms with van der Waals surface area (Å²) in [5, 5.41) is 11.2. The molecular weight excluding hydrogens is 359 g/mol. The van der Waals surface area contributed by atoms with E-state index in [1.54, 1.807) is 6.07 Å². The van der Waals surface area contributed by atoms with Gasteiger partial charge in [-0.3, -0.25) is 10.1 Å². The molecule has 0 spiro atoms. The summed E-state index contributed by atoms with van der Waals surface area (Å²) in [5.74, 6) is 0. The molecular formula is C9H7IN2O4S. The maximum absolute atomic E-state index is 11.5. The van der Waals surface area contributed by atoms with E-state index in [-0.39, 0.29) is 5.69 Å². The molecule has 0 saturated carbocycles. The lowest BCUT2D eigenvalue weighted by Crippen LogP contribution is -2.08. The molecule has 8 heteroatoms. The number of aromatic nitrogens is 1. The number of hydrogen-bond donors (Lipinski definition) is 0. The number of nitro benzene ring substituents is 1. The highest BCUT2D eigenvalue weighted by Crippen LogP contribution is 2.31. The van der Waals surface area contributed by atoms with Crippen molar-refractivity contribution in [1.82, 2.24) is 3.97 Å². The van der Waals surface area contributed by atoms with Gasteiger partial charge in [0.25, 0.3) is 5.69 Å². The minimum absolute atomic E-state index is 0.0886. The lowest BCUT2D eigenvalue weighted by atomic mass is 10.2. The molecule has 1 heterocycles. The van der Waals surface area contributed by atoms with Gasteiger partial charge in [-0.25, -0.2) is 12.4 Å². The third kappa shape index (κ3) is 2.02. The summed E-state index contributed by atoms with van der Waals surface area (Å²) in [6, 6.07) is 4.38. The standard InChI is InChI=1S/C9H7IN2O4S/c1-17(15,16)11-5-6(10)9-7(11)3-2-4-8(9)12(13)14/h2-5H,1H3. The zero-order chi connectivity index (χ0) is 12.8. The van der Waals surface area contributed by atoms with Gasteiger partial charge in [-0.05, 0) is 28.7 Å². The van der Waals surface area contributed by atoms with E-state index in [9.17, 15) is 18.5 Å². The van der Waals surface area contributed by atoms with Crippen LogP contribution < -0.4 is 0 Å². The topological polar surface area (TPSA) is 82.2 Å². The van der Waals surface area contributed by atoms with Crippen LogP contribution in [-0.2, 0) is 10.0 Å². The maximum atomic E-state index is 11.5. The van der Waals surface area contributed by atoms with Crippen molar-refractivity contribution in [3.05, 3.63) is 38.1 Å². The Labute approximate surface area is 111 Å². The first-order valence-electron chi connectivity index (χ1n) is 4.47. The number of fused-ring (bicyclic) bond motifs is 1. The summed E-state index contributed by atoms with van der Waals surface area (Å²) >= 11 is 1.89. The Morgan fingerprint density at radius 2 is 2.06 bits per heavy atom. The number of halogens is 1. The molecule has 0 N–H and O–H groups in total. The smallest absolute Gasteiger partial charge is 0.258 e. The lowest BCUT2D eigenvalue weighted by Gasteiger charge is -2.00. The fourth-order valence-electron chi connectivity index (χ4n) is 1.62. The Hall–Kier alpha value is -1.16. The average molecular weight is 366 g/mol. The summed E-state index contributed by atoms with van der Waals surface area (Å²) in [5.41, 5.74) is 0.236. The second-order valence-electron chi connectivity index (χ2n) is 3.46. The molecule has 0 radical (unpaired) electrons. The molecule has 0 atom stereocenters. The van der Waals surface area contributed by atoms with Gasteiger partial charge in [0.05, 0.1) is 22.1 Å². The number of nitro groups is 1. The Bertz CT molecular complexity index is 720. The lowest BCUT2D eigenvalue weighted by molar-refractivity contribution is -0.383. The largest absolute Gasteiger partial charge is 0.279 e. The Balaban J connectivity index is 2.97. The van der Waals surface area contributed by atoms with Crippen molar-refractivity contribution in [1.29, 1.82) is 0 Å². The maximum Gasteiger partial charge on any atom is 0.279 e. The Morgan fingerprint density at radius 3 is 2.59 bits per heavy atom. The Kier molecular flexibility index (Phi) is 2.86. The zero-order valence-corrected chi connectivity index (χ0v) is 11.6. The minimum atomic E-state index is -3.46. The summed E-state index contributed by atoms with van der Waals surface area (Å²) in [6.45, 7) is 0. The van der Waals surface area contributed by atoms with Crippen molar-refractivity contribution in [3.63, 3.8) is 0 Å². The second-order valence-corrected chi connectivity index (χ2v) is 6.49. The van der Waals surface area contributed by atoms with Gasteiger partial charge in [-0.15, -0.1) is 0 Å². The number of rotatable bonds is 2. The van der Waals surface area contributed by atoms with Crippen LogP contribution in [0.2, 0.25) is 0 Å². The van der Waals surface area contributed by atoms with Crippen molar-refractivity contribution < 1.29 is 13.3 Å². The molecule has 0 aliphatic heterocycles. The molecule has 0 unspecified atom stereocenters. The molecule has 6 nitrogen and oxygen atoms in total. The highest BCUT2D eigenvalue weighted by atomic mass is 127. The molecule has 90 valence electrons. The SMILES string of the molecule is CS(=O)(=O)n1cc(I)c2c([N+](=O)[O-])cccc21. The van der Waals surface area contributed by atoms with Crippen molar-refractivity contribution in [2.45, 2.75) is 0 Å². The molecule has 0 bridgehead atoms. The van der Waals surface area contributed by atoms with Crippen molar-refractivity contribution in [2.24, 2.45) is 0 Å². The monoisotopic (exact) mass is 366 g/mol. The van der Waals surface area contributed by atoms with Crippen LogP contribution in [0.5, 0.6) is 0 Å². The molecule has 0 amide bonds. The summed E-state index contributed by atoms with van der Waals surface area (Å²) in [4.78, 5) is 10.4. The quantitative estimate of drug-likeness (QED) is 0.462. The third-order valence-electron chi connectivity index (χ3n) is 2.28. The van der Waals surface area contributed by atoms with Crippen LogP contribution in [0.1, 0.15) is 0 Å². The first-order valence-corrected chi connectivity index (χ1v) is 7.39. The normalized spacial score (nSPS) is 11.9. The van der Waals surface area contributed by atoms with Crippen LogP contribution >= 0.6 is 22.6 Å². The van der Waals surface area contributed by atoms with Crippen molar-refractivity contribution in [3.8, 4) is 0 Å². The third-order valence-corrected chi connectivity index (χ3v) is 4.12. The summed E-state index contributed by atoms with van der Waals surface area (Å²) in [6.07, 6.45) is 2.44. The second kappa shape index (κ2) is 3.95. The van der Waals surface area contributed by atoms with Gasteiger partial charge in [-0.2, -0.15) is 0 Å². The van der Waals surface area contributed by atoms with E-state index >= 15 is 0 Å². The molecule has 0 fully saturated rings. The molecule has 2 rings (SSSR count). The van der Waals surface area contributed by atoms with Crippen LogP contribution in [0.25, 0.3) is 10.9 Å². The van der Waals surface area contributed by atoms with Crippen molar-refractivity contribution in [2.75, 3.05) is 6.26 Å². The predicted molar refractivity (Wildman–Crippen MR) is 71.6 cm³/mol. The van der Waals surface area contributed by atoms with E-state index in [4.69, 9.17) is 0 Å². The molecule has 2 aromatic rings. The van der Waals surface area contributed by atoms with E-state index < -0.39 is 14.9 Å². The molecule has 0 saturated heterocycles. The highest BCUT2D eigenvalue weighted by molar-refractivity contribution is 14.1. The van der Waals surface area contributed by atoms with Gasteiger partial charge < -0.3 is 0 Å². The van der Waals surface area contributed by atoms with Crippen molar-refractivity contribution >= 4 is 49.2 Å². The summed E-state index contributed by atoms with van der Waals surface area (Å²) in [7, 11) is -3.46. The molecule has 0 aliphatic rings. The fraction of sp³-hybridized carbons (Fsp3) is 0.111. The number of benzene rings is 1. The van der Waals surface area contributed by atoms with Gasteiger partial charge in [0.2, 0.25) is 10.0 Å². The summed E-state index contributed by atoms with van der Waals surface area (Å²) < 4.78 is 24.7. The van der Waals surface area contributed by atoms with Gasteiger partial charge in [0.1, 0.15) is 0 Å². The molecule has 0 aliphatic carbocycles. The van der Waals surface area contributed by atoms with E-state index in [0.29, 0.717) is 14.5 Å². The highest BCUT2D eigenvalue weighted by Gasteiger charge is 2.20. The van der Waals surface area contributed by atoms with Gasteiger partial charge >= 0.3 is 0 Å². The number of hydrogen-bond acceptors (Lipinski definition) is 4. The Morgan fingerprint density at radius 1 is 1.41 bits per heavy atom. The van der Waals surface area contributed by atoms with Crippen LogP contribution in [0.15, 0.2) is 24.4 Å². The van der Waals surface area contributed by atoms with E-state index in [0.717, 1.165) is 10.2 Å². The first kappa shape index (κ1) is 12.3. The molecule has 17 heavy (non-hydrogen) atoms. The average Bonchev–Trinajstić information content (AvgIpc) is 2.56. The molecule has 1 aromatic carbocycles. The van der Waals surface area contributed by atoms with Gasteiger partial charge in [0, 0.05) is 15.8 Å². The van der Waals surface area contributed by atoms with Gasteiger partial charge in [-0.1, -0.05) is 6.07 Å². The van der Waals surface area contributed by atoms with E-state index in [1.165, 1.54) is 18.3 Å². The van der Waals surface area contributed by atoms with Crippen LogP contribution in [0.4, 0.5) is 5.69 Å². The van der Waals surface area contributed by atoms with Gasteiger partial charge in [0.15, 0.2) is 0 Å². The van der Waals surface area contributed by atoms with Crippen LogP contribution in [0.3, 0.4) is 0 Å². The molecule has 1 aromatic heterocycles. The first-order chi connectivity index (χ1) is 7.82. The predicted octanol–water partition coefficient (Wildman–Crippen LogP) is 1.96. The number of nitrogens with zero attached hydrogens (tertiary/aromatic N) is 2. The van der Waals surface area contributed by atoms with E-state index in [1.807, 2.05) is 22.6 Å².